The highest BCUT2D eigenvalue weighted by Crippen LogP contribution is 2.29. The van der Waals surface area contributed by atoms with E-state index in [-0.39, 0.29) is 16.1 Å². The normalized spacial score (nSPS) is 11.1. The third-order valence-corrected chi connectivity index (χ3v) is 3.93. The summed E-state index contributed by atoms with van der Waals surface area (Å²) in [5.41, 5.74) is 0.443. The van der Waals surface area contributed by atoms with E-state index in [1.54, 1.807) is 0 Å². The number of carboxylic acids is 1. The number of nitrogens with zero attached hydrogens (tertiary/aromatic N) is 2. The lowest BCUT2D eigenvalue weighted by molar-refractivity contribution is 0.0702. The molecular weight excluding hydrogens is 298 g/mol. The van der Waals surface area contributed by atoms with Gasteiger partial charge in [-0.1, -0.05) is 0 Å². The second-order valence-electron chi connectivity index (χ2n) is 4.77. The predicted octanol–water partition coefficient (Wildman–Crippen LogP) is 2.89. The molecule has 2 aromatic rings. The molecule has 1 N–H and O–H groups in total. The van der Waals surface area contributed by atoms with Crippen molar-refractivity contribution in [2.24, 2.45) is 0 Å². The predicted molar refractivity (Wildman–Crippen MR) is 76.7 cm³/mol. The van der Waals surface area contributed by atoms with E-state index in [1.807, 2.05) is 19.0 Å². The first-order chi connectivity index (χ1) is 9.88. The number of likely N-dealkylation sites (N-methyl/N-ethyl adjacent to an activating group) is 1. The van der Waals surface area contributed by atoms with Gasteiger partial charge in [-0.2, -0.15) is 0 Å². The molecule has 0 fully saturated rings. The van der Waals surface area contributed by atoms with Gasteiger partial charge in [-0.3, -0.25) is 0 Å². The van der Waals surface area contributed by atoms with Crippen LogP contribution in [0, 0.1) is 11.6 Å². The van der Waals surface area contributed by atoms with Crippen molar-refractivity contribution < 1.29 is 18.7 Å². The van der Waals surface area contributed by atoms with E-state index in [1.165, 1.54) is 6.07 Å². The minimum Gasteiger partial charge on any atom is -0.477 e. The first-order valence-electron chi connectivity index (χ1n) is 6.21. The van der Waals surface area contributed by atoms with Crippen LogP contribution in [0.25, 0.3) is 11.3 Å². The summed E-state index contributed by atoms with van der Waals surface area (Å²) < 4.78 is 26.3. The molecule has 0 radical (unpaired) electrons. The molecule has 1 heterocycles. The maximum absolute atomic E-state index is 13.3. The molecular formula is C14H14F2N2O2S. The molecule has 0 aliphatic heterocycles. The Kier molecular flexibility index (Phi) is 4.64. The number of carbonyl (C=O) groups is 1. The van der Waals surface area contributed by atoms with Gasteiger partial charge in [0.15, 0.2) is 11.6 Å². The molecule has 0 aliphatic rings. The average molecular weight is 312 g/mol. The van der Waals surface area contributed by atoms with E-state index in [0.29, 0.717) is 11.4 Å². The SMILES string of the molecule is CN(C)CCc1nc(-c2ccc(F)c(F)c2)c(C(=O)O)s1. The zero-order chi connectivity index (χ0) is 15.6. The van der Waals surface area contributed by atoms with Gasteiger partial charge in [-0.05, 0) is 32.3 Å². The van der Waals surface area contributed by atoms with Crippen LogP contribution in [-0.4, -0.2) is 41.6 Å². The topological polar surface area (TPSA) is 53.4 Å². The summed E-state index contributed by atoms with van der Waals surface area (Å²) in [6.07, 6.45) is 0.599. The number of aromatic nitrogens is 1. The second kappa shape index (κ2) is 6.28. The van der Waals surface area contributed by atoms with Crippen LogP contribution in [0.4, 0.5) is 8.78 Å². The second-order valence-corrected chi connectivity index (χ2v) is 5.86. The number of halogens is 2. The Morgan fingerprint density at radius 1 is 1.33 bits per heavy atom. The molecule has 0 saturated heterocycles. The monoisotopic (exact) mass is 312 g/mol. The summed E-state index contributed by atoms with van der Waals surface area (Å²) in [6, 6.07) is 3.26. The molecule has 0 aliphatic carbocycles. The van der Waals surface area contributed by atoms with E-state index in [4.69, 9.17) is 0 Å². The molecule has 0 unspecified atom stereocenters. The van der Waals surface area contributed by atoms with Gasteiger partial charge in [-0.25, -0.2) is 18.6 Å². The molecule has 0 saturated carbocycles. The molecule has 0 atom stereocenters. The van der Waals surface area contributed by atoms with Crippen LogP contribution in [0.15, 0.2) is 18.2 Å². The Balaban J connectivity index is 2.41. The summed E-state index contributed by atoms with van der Waals surface area (Å²) in [5, 5.41) is 9.89. The van der Waals surface area contributed by atoms with Gasteiger partial charge in [-0.15, -0.1) is 11.3 Å². The quantitative estimate of drug-likeness (QED) is 0.922. The van der Waals surface area contributed by atoms with Gasteiger partial charge in [0.25, 0.3) is 0 Å². The number of thiazole rings is 1. The van der Waals surface area contributed by atoms with Crippen molar-refractivity contribution in [1.82, 2.24) is 9.88 Å². The van der Waals surface area contributed by atoms with Crippen LogP contribution < -0.4 is 0 Å². The summed E-state index contributed by atoms with van der Waals surface area (Å²) in [7, 11) is 3.81. The number of aromatic carboxylic acids is 1. The lowest BCUT2D eigenvalue weighted by atomic mass is 10.1. The molecule has 21 heavy (non-hydrogen) atoms. The van der Waals surface area contributed by atoms with Crippen LogP contribution >= 0.6 is 11.3 Å². The fourth-order valence-corrected chi connectivity index (χ4v) is 2.69. The molecule has 0 amide bonds. The molecule has 0 spiro atoms. The maximum atomic E-state index is 13.3. The highest BCUT2D eigenvalue weighted by molar-refractivity contribution is 7.14. The molecule has 1 aromatic heterocycles. The largest absolute Gasteiger partial charge is 0.477 e. The molecule has 7 heteroatoms. The first kappa shape index (κ1) is 15.5. The molecule has 4 nitrogen and oxygen atoms in total. The summed E-state index contributed by atoms with van der Waals surface area (Å²) in [6.45, 7) is 0.726. The Labute approximate surface area is 124 Å². The van der Waals surface area contributed by atoms with Crippen molar-refractivity contribution in [2.45, 2.75) is 6.42 Å². The van der Waals surface area contributed by atoms with Crippen LogP contribution in [0.1, 0.15) is 14.7 Å². The standard InChI is InChI=1S/C14H14F2N2O2S/c1-18(2)6-5-11-17-12(13(21-11)14(19)20)8-3-4-9(15)10(16)7-8/h3-4,7H,5-6H2,1-2H3,(H,19,20). The Bertz CT molecular complexity index is 671. The minimum atomic E-state index is -1.12. The Morgan fingerprint density at radius 3 is 2.62 bits per heavy atom. The van der Waals surface area contributed by atoms with E-state index >= 15 is 0 Å². The van der Waals surface area contributed by atoms with Crippen molar-refractivity contribution in [1.29, 1.82) is 0 Å². The van der Waals surface area contributed by atoms with Crippen molar-refractivity contribution in [3.63, 3.8) is 0 Å². The number of rotatable bonds is 5. The smallest absolute Gasteiger partial charge is 0.348 e. The fraction of sp³-hybridized carbons (Fsp3) is 0.286. The van der Waals surface area contributed by atoms with E-state index in [9.17, 15) is 18.7 Å². The highest BCUT2D eigenvalue weighted by atomic mass is 32.1. The van der Waals surface area contributed by atoms with Crippen LogP contribution in [0.2, 0.25) is 0 Å². The van der Waals surface area contributed by atoms with Gasteiger partial charge in [0.2, 0.25) is 0 Å². The van der Waals surface area contributed by atoms with Crippen molar-refractivity contribution in [3.8, 4) is 11.3 Å². The van der Waals surface area contributed by atoms with E-state index < -0.39 is 17.6 Å². The van der Waals surface area contributed by atoms with Crippen molar-refractivity contribution in [2.75, 3.05) is 20.6 Å². The third-order valence-electron chi connectivity index (χ3n) is 2.83. The van der Waals surface area contributed by atoms with Gasteiger partial charge in [0.05, 0.1) is 10.7 Å². The molecule has 2 rings (SSSR count). The zero-order valence-electron chi connectivity index (χ0n) is 11.6. The zero-order valence-corrected chi connectivity index (χ0v) is 12.4. The minimum absolute atomic E-state index is 0.0368. The lowest BCUT2D eigenvalue weighted by Crippen LogP contribution is -2.14. The van der Waals surface area contributed by atoms with Crippen LogP contribution in [0.5, 0.6) is 0 Å². The molecule has 112 valence electrons. The summed E-state index contributed by atoms with van der Waals surface area (Å²) in [5.74, 6) is -3.12. The molecule has 1 aromatic carbocycles. The average Bonchev–Trinajstić information content (AvgIpc) is 2.84. The first-order valence-corrected chi connectivity index (χ1v) is 7.03. The number of hydrogen-bond acceptors (Lipinski definition) is 4. The highest BCUT2D eigenvalue weighted by Gasteiger charge is 2.19. The summed E-state index contributed by atoms with van der Waals surface area (Å²) in [4.78, 5) is 17.6. The Hall–Kier alpha value is -1.86. The van der Waals surface area contributed by atoms with Gasteiger partial charge in [0, 0.05) is 18.5 Å². The fourth-order valence-electron chi connectivity index (χ4n) is 1.77. The lowest BCUT2D eigenvalue weighted by Gasteiger charge is -2.06. The van der Waals surface area contributed by atoms with Gasteiger partial charge >= 0.3 is 5.97 Å². The van der Waals surface area contributed by atoms with E-state index in [2.05, 4.69) is 4.98 Å². The Morgan fingerprint density at radius 2 is 2.05 bits per heavy atom. The van der Waals surface area contributed by atoms with Gasteiger partial charge < -0.3 is 10.0 Å². The van der Waals surface area contributed by atoms with E-state index in [0.717, 1.165) is 30.0 Å². The number of hydrogen-bond donors (Lipinski definition) is 1. The van der Waals surface area contributed by atoms with Crippen LogP contribution in [0.3, 0.4) is 0 Å². The van der Waals surface area contributed by atoms with Crippen molar-refractivity contribution in [3.05, 3.63) is 39.7 Å². The van der Waals surface area contributed by atoms with Gasteiger partial charge in [0.1, 0.15) is 4.88 Å². The summed E-state index contributed by atoms with van der Waals surface area (Å²) >= 11 is 1.06. The third kappa shape index (κ3) is 3.62. The number of carboxylic acid groups (broad SMARTS) is 1. The number of benzene rings is 1. The molecule has 0 bridgehead atoms. The maximum Gasteiger partial charge on any atom is 0.348 e. The van der Waals surface area contributed by atoms with Crippen LogP contribution in [-0.2, 0) is 6.42 Å². The van der Waals surface area contributed by atoms with Crippen molar-refractivity contribution >= 4 is 17.3 Å².